The number of H-pyrrole nitrogens is 1. The number of fused-ring (bicyclic) bond motifs is 1. The van der Waals surface area contributed by atoms with Crippen molar-refractivity contribution in [2.45, 2.75) is 58.9 Å². The molecule has 2 aromatic rings. The van der Waals surface area contributed by atoms with Crippen LogP contribution in [0.4, 0.5) is 4.39 Å². The first-order chi connectivity index (χ1) is 15.3. The molecular formula is C24H32FN4O2P. The van der Waals surface area contributed by atoms with Crippen molar-refractivity contribution < 1.29 is 14.0 Å². The maximum Gasteiger partial charge on any atom is 0.274 e. The lowest BCUT2D eigenvalue weighted by Gasteiger charge is -2.33. The van der Waals surface area contributed by atoms with Gasteiger partial charge < -0.3 is 9.80 Å². The predicted octanol–water partition coefficient (Wildman–Crippen LogP) is 3.17. The van der Waals surface area contributed by atoms with Gasteiger partial charge in [-0.25, -0.2) is 4.39 Å². The SMILES string of the molecule is CCc1c(C2CCN(C(=O)c3n[nH]c4c3CCN(C(=O)C(C)C)C4)CC2)ccc(P)c1F. The third kappa shape index (κ3) is 4.19. The lowest BCUT2D eigenvalue weighted by atomic mass is 9.85. The van der Waals surface area contributed by atoms with Gasteiger partial charge in [-0.15, -0.1) is 9.24 Å². The van der Waals surface area contributed by atoms with Gasteiger partial charge in [0.25, 0.3) is 5.91 Å². The number of amides is 2. The van der Waals surface area contributed by atoms with Crippen molar-refractivity contribution in [2.75, 3.05) is 19.6 Å². The summed E-state index contributed by atoms with van der Waals surface area (Å²) in [6.45, 7) is 8.15. The lowest BCUT2D eigenvalue weighted by molar-refractivity contribution is -0.135. The van der Waals surface area contributed by atoms with Crippen molar-refractivity contribution in [1.82, 2.24) is 20.0 Å². The number of rotatable bonds is 4. The number of carbonyl (C=O) groups excluding carboxylic acids is 2. The Morgan fingerprint density at radius 2 is 1.94 bits per heavy atom. The molecule has 172 valence electrons. The van der Waals surface area contributed by atoms with Gasteiger partial charge in [-0.1, -0.05) is 32.9 Å². The predicted molar refractivity (Wildman–Crippen MR) is 126 cm³/mol. The minimum atomic E-state index is -0.123. The molecule has 3 heterocycles. The Kier molecular flexibility index (Phi) is 6.66. The van der Waals surface area contributed by atoms with Gasteiger partial charge in [0, 0.05) is 36.4 Å². The lowest BCUT2D eigenvalue weighted by Crippen LogP contribution is -2.40. The van der Waals surface area contributed by atoms with Crippen molar-refractivity contribution in [2.24, 2.45) is 5.92 Å². The third-order valence-electron chi connectivity index (χ3n) is 6.83. The number of hydrogen-bond donors (Lipinski definition) is 1. The second kappa shape index (κ2) is 9.30. The molecule has 1 N–H and O–H groups in total. The highest BCUT2D eigenvalue weighted by molar-refractivity contribution is 7.27. The topological polar surface area (TPSA) is 69.3 Å². The molecule has 32 heavy (non-hydrogen) atoms. The molecular weight excluding hydrogens is 426 g/mol. The zero-order chi connectivity index (χ0) is 23.0. The number of benzene rings is 1. The highest BCUT2D eigenvalue weighted by Gasteiger charge is 2.32. The fraction of sp³-hybridized carbons (Fsp3) is 0.542. The molecule has 1 atom stereocenters. The van der Waals surface area contributed by atoms with E-state index in [2.05, 4.69) is 19.4 Å². The van der Waals surface area contributed by atoms with Crippen LogP contribution in [-0.4, -0.2) is 51.4 Å². The van der Waals surface area contributed by atoms with E-state index in [1.165, 1.54) is 0 Å². The largest absolute Gasteiger partial charge is 0.337 e. The highest BCUT2D eigenvalue weighted by atomic mass is 31.0. The molecule has 0 radical (unpaired) electrons. The van der Waals surface area contributed by atoms with Crippen molar-refractivity contribution in [3.8, 4) is 0 Å². The summed E-state index contributed by atoms with van der Waals surface area (Å²) in [5.74, 6) is 0.167. The van der Waals surface area contributed by atoms with Crippen molar-refractivity contribution in [1.29, 1.82) is 0 Å². The number of nitrogens with one attached hydrogen (secondary N) is 1. The third-order valence-corrected chi connectivity index (χ3v) is 7.27. The van der Waals surface area contributed by atoms with Gasteiger partial charge in [-0.2, -0.15) is 5.10 Å². The average molecular weight is 459 g/mol. The number of aromatic amines is 1. The Balaban J connectivity index is 1.43. The Morgan fingerprint density at radius 1 is 1.22 bits per heavy atom. The second-order valence-electron chi connectivity index (χ2n) is 9.15. The zero-order valence-corrected chi connectivity index (χ0v) is 20.2. The van der Waals surface area contributed by atoms with E-state index >= 15 is 0 Å². The van der Waals surface area contributed by atoms with Crippen LogP contribution in [0.2, 0.25) is 0 Å². The molecule has 2 aliphatic heterocycles. The van der Waals surface area contributed by atoms with Gasteiger partial charge >= 0.3 is 0 Å². The van der Waals surface area contributed by atoms with Crippen LogP contribution in [0.5, 0.6) is 0 Å². The first-order valence-electron chi connectivity index (χ1n) is 11.5. The van der Waals surface area contributed by atoms with Crippen LogP contribution in [-0.2, 0) is 24.2 Å². The Labute approximate surface area is 191 Å². The maximum atomic E-state index is 14.6. The minimum Gasteiger partial charge on any atom is -0.337 e. The smallest absolute Gasteiger partial charge is 0.274 e. The number of carbonyl (C=O) groups is 2. The fourth-order valence-corrected chi connectivity index (χ4v) is 5.26. The molecule has 1 aromatic heterocycles. The summed E-state index contributed by atoms with van der Waals surface area (Å²) >= 11 is 0. The summed E-state index contributed by atoms with van der Waals surface area (Å²) in [6.07, 6.45) is 2.94. The first-order valence-corrected chi connectivity index (χ1v) is 12.1. The molecule has 0 aliphatic carbocycles. The molecule has 1 fully saturated rings. The van der Waals surface area contributed by atoms with Crippen LogP contribution in [0.1, 0.15) is 72.4 Å². The summed E-state index contributed by atoms with van der Waals surface area (Å²) in [4.78, 5) is 29.2. The molecule has 0 saturated carbocycles. The molecule has 8 heteroatoms. The zero-order valence-electron chi connectivity index (χ0n) is 19.1. The van der Waals surface area contributed by atoms with Crippen LogP contribution in [0, 0.1) is 11.7 Å². The van der Waals surface area contributed by atoms with E-state index < -0.39 is 0 Å². The summed E-state index contributed by atoms with van der Waals surface area (Å²) in [6, 6.07) is 3.87. The standard InChI is InChI=1S/C24H32FN4O2P/c1-4-16-17(5-6-20(32)21(16)25)15-7-10-28(11-8-15)24(31)22-18-9-12-29(23(30)14(2)3)13-19(18)26-27-22/h5-6,14-15H,4,7-13,32H2,1-3H3,(H,26,27). The van der Waals surface area contributed by atoms with Gasteiger partial charge in [0.15, 0.2) is 5.69 Å². The van der Waals surface area contributed by atoms with E-state index in [0.29, 0.717) is 50.0 Å². The molecule has 2 amide bonds. The molecule has 6 nitrogen and oxygen atoms in total. The Morgan fingerprint density at radius 3 is 2.59 bits per heavy atom. The van der Waals surface area contributed by atoms with Gasteiger partial charge in [-0.3, -0.25) is 14.7 Å². The van der Waals surface area contributed by atoms with E-state index in [0.717, 1.165) is 35.2 Å². The minimum absolute atomic E-state index is 0.0455. The number of likely N-dealkylation sites (tertiary alicyclic amines) is 1. The molecule has 4 rings (SSSR count). The summed E-state index contributed by atoms with van der Waals surface area (Å²) < 4.78 is 14.6. The van der Waals surface area contributed by atoms with E-state index in [1.807, 2.05) is 42.7 Å². The van der Waals surface area contributed by atoms with Crippen LogP contribution in [0.15, 0.2) is 12.1 Å². The van der Waals surface area contributed by atoms with Gasteiger partial charge in [0.1, 0.15) is 5.82 Å². The number of hydrogen-bond acceptors (Lipinski definition) is 3. The van der Waals surface area contributed by atoms with E-state index in [9.17, 15) is 14.0 Å². The monoisotopic (exact) mass is 458 g/mol. The van der Waals surface area contributed by atoms with Crippen molar-refractivity contribution in [3.05, 3.63) is 46.0 Å². The van der Waals surface area contributed by atoms with Gasteiger partial charge in [-0.05, 0) is 42.7 Å². The summed E-state index contributed by atoms with van der Waals surface area (Å²) in [5, 5.41) is 7.93. The van der Waals surface area contributed by atoms with Gasteiger partial charge in [0.2, 0.25) is 5.91 Å². The van der Waals surface area contributed by atoms with Gasteiger partial charge in [0.05, 0.1) is 12.2 Å². The van der Waals surface area contributed by atoms with Crippen molar-refractivity contribution in [3.63, 3.8) is 0 Å². The first kappa shape index (κ1) is 22.9. The average Bonchev–Trinajstić information content (AvgIpc) is 3.23. The van der Waals surface area contributed by atoms with Crippen LogP contribution < -0.4 is 5.30 Å². The number of aromatic nitrogens is 2. The Bertz CT molecular complexity index is 1030. The molecule has 0 spiro atoms. The number of nitrogens with zero attached hydrogens (tertiary/aromatic N) is 3. The maximum absolute atomic E-state index is 14.6. The van der Waals surface area contributed by atoms with Crippen LogP contribution >= 0.6 is 9.24 Å². The molecule has 1 saturated heterocycles. The number of halogens is 1. The van der Waals surface area contributed by atoms with Crippen LogP contribution in [0.3, 0.4) is 0 Å². The van der Waals surface area contributed by atoms with Crippen molar-refractivity contribution >= 4 is 26.4 Å². The van der Waals surface area contributed by atoms with E-state index in [1.54, 1.807) is 0 Å². The normalized spacial score (nSPS) is 17.1. The van der Waals surface area contributed by atoms with E-state index in [4.69, 9.17) is 0 Å². The fourth-order valence-electron chi connectivity index (χ4n) is 4.99. The van der Waals surface area contributed by atoms with E-state index in [-0.39, 0.29) is 29.5 Å². The second-order valence-corrected chi connectivity index (χ2v) is 9.77. The highest BCUT2D eigenvalue weighted by Crippen LogP contribution is 2.33. The molecule has 2 aliphatic rings. The quantitative estimate of drug-likeness (QED) is 0.716. The summed E-state index contributed by atoms with van der Waals surface area (Å²) in [5.41, 5.74) is 4.17. The molecule has 1 unspecified atom stereocenters. The summed E-state index contributed by atoms with van der Waals surface area (Å²) in [7, 11) is 2.46. The Hall–Kier alpha value is -2.27. The molecule has 0 bridgehead atoms. The molecule has 1 aromatic carbocycles. The van der Waals surface area contributed by atoms with Crippen LogP contribution in [0.25, 0.3) is 0 Å². The number of piperidine rings is 1.